The minimum atomic E-state index is -3.18. The topological polar surface area (TPSA) is 66.5 Å². The quantitative estimate of drug-likeness (QED) is 0.758. The Morgan fingerprint density at radius 1 is 1.44 bits per heavy atom. The first-order chi connectivity index (χ1) is 7.10. The Labute approximate surface area is 97.2 Å². The molecule has 0 aromatic heterocycles. The fraction of sp³-hybridized carbons (Fsp3) is 0.900. The average molecular weight is 248 g/mol. The second-order valence-electron chi connectivity index (χ2n) is 5.32. The summed E-state index contributed by atoms with van der Waals surface area (Å²) in [5.41, 5.74) is -0.103. The van der Waals surface area contributed by atoms with Gasteiger partial charge >= 0.3 is 0 Å². The number of hydrogen-bond acceptors (Lipinski definition) is 3. The summed E-state index contributed by atoms with van der Waals surface area (Å²) < 4.78 is 24.5. The molecule has 1 aliphatic heterocycles. The maximum Gasteiger partial charge on any atom is 0.217 e. The van der Waals surface area contributed by atoms with Crippen molar-refractivity contribution >= 4 is 15.9 Å². The second kappa shape index (κ2) is 4.33. The number of hydrogen-bond donors (Lipinski definition) is 1. The first-order valence-electron chi connectivity index (χ1n) is 5.32. The fourth-order valence-electron chi connectivity index (χ4n) is 2.22. The Morgan fingerprint density at radius 3 is 2.44 bits per heavy atom. The van der Waals surface area contributed by atoms with E-state index in [1.54, 1.807) is 0 Å². The summed E-state index contributed by atoms with van der Waals surface area (Å²) in [5, 5.41) is 2.79. The summed E-state index contributed by atoms with van der Waals surface area (Å²) in [5.74, 6) is -0.115. The molecular formula is C10H20N2O3S. The highest BCUT2D eigenvalue weighted by atomic mass is 32.2. The van der Waals surface area contributed by atoms with Gasteiger partial charge in [-0.2, -0.15) is 4.31 Å². The molecule has 1 saturated heterocycles. The van der Waals surface area contributed by atoms with Crippen LogP contribution in [-0.2, 0) is 14.8 Å². The third-order valence-electron chi connectivity index (χ3n) is 2.70. The SMILES string of the molecule is CC(=O)NC1CN(S(C)(=O)=O)CC(C)(C)C1. The molecule has 1 unspecified atom stereocenters. The lowest BCUT2D eigenvalue weighted by molar-refractivity contribution is -0.120. The van der Waals surface area contributed by atoms with Crippen LogP contribution in [0.1, 0.15) is 27.2 Å². The first-order valence-corrected chi connectivity index (χ1v) is 7.17. The molecule has 0 saturated carbocycles. The number of sulfonamides is 1. The highest BCUT2D eigenvalue weighted by molar-refractivity contribution is 7.88. The van der Waals surface area contributed by atoms with Crippen LogP contribution in [0.25, 0.3) is 0 Å². The van der Waals surface area contributed by atoms with Gasteiger partial charge in [0.05, 0.1) is 6.26 Å². The molecule has 0 aromatic rings. The van der Waals surface area contributed by atoms with Crippen LogP contribution in [0.4, 0.5) is 0 Å². The number of carbonyl (C=O) groups is 1. The molecule has 1 atom stereocenters. The van der Waals surface area contributed by atoms with Crippen LogP contribution < -0.4 is 5.32 Å². The fourth-order valence-corrected chi connectivity index (χ4v) is 3.26. The van der Waals surface area contributed by atoms with E-state index in [-0.39, 0.29) is 17.4 Å². The molecular weight excluding hydrogens is 228 g/mol. The molecule has 1 rings (SSSR count). The maximum absolute atomic E-state index is 11.5. The number of amides is 1. The number of piperidine rings is 1. The second-order valence-corrected chi connectivity index (χ2v) is 7.30. The number of nitrogens with one attached hydrogen (secondary N) is 1. The van der Waals surface area contributed by atoms with E-state index in [0.717, 1.165) is 6.42 Å². The third kappa shape index (κ3) is 3.75. The van der Waals surface area contributed by atoms with E-state index >= 15 is 0 Å². The van der Waals surface area contributed by atoms with Gasteiger partial charge in [-0.1, -0.05) is 13.8 Å². The lowest BCUT2D eigenvalue weighted by Gasteiger charge is -2.41. The predicted molar refractivity (Wildman–Crippen MR) is 62.4 cm³/mol. The number of nitrogens with zero attached hydrogens (tertiary/aromatic N) is 1. The van der Waals surface area contributed by atoms with Crippen LogP contribution in [-0.4, -0.2) is 44.0 Å². The van der Waals surface area contributed by atoms with Crippen LogP contribution in [0.15, 0.2) is 0 Å². The molecule has 0 aliphatic carbocycles. The molecule has 1 heterocycles. The van der Waals surface area contributed by atoms with E-state index in [1.807, 2.05) is 13.8 Å². The molecule has 0 aromatic carbocycles. The molecule has 1 N–H and O–H groups in total. The molecule has 94 valence electrons. The van der Waals surface area contributed by atoms with Crippen molar-refractivity contribution in [2.75, 3.05) is 19.3 Å². The molecule has 16 heavy (non-hydrogen) atoms. The molecule has 6 heteroatoms. The monoisotopic (exact) mass is 248 g/mol. The molecule has 0 spiro atoms. The van der Waals surface area contributed by atoms with Gasteiger partial charge in [-0.25, -0.2) is 8.42 Å². The van der Waals surface area contributed by atoms with Crippen LogP contribution in [0.5, 0.6) is 0 Å². The Kier molecular flexibility index (Phi) is 3.64. The molecule has 1 aliphatic rings. The predicted octanol–water partition coefficient (Wildman–Crippen LogP) is 0.183. The highest BCUT2D eigenvalue weighted by Gasteiger charge is 2.36. The van der Waals surface area contributed by atoms with E-state index in [1.165, 1.54) is 17.5 Å². The summed E-state index contributed by atoms with van der Waals surface area (Å²) in [6, 6.07) is -0.0871. The normalized spacial score (nSPS) is 26.4. The van der Waals surface area contributed by atoms with Gasteiger partial charge in [-0.3, -0.25) is 4.79 Å². The first kappa shape index (κ1) is 13.4. The van der Waals surface area contributed by atoms with Crippen molar-refractivity contribution in [2.45, 2.75) is 33.2 Å². The minimum Gasteiger partial charge on any atom is -0.352 e. The molecule has 0 bridgehead atoms. The van der Waals surface area contributed by atoms with Crippen molar-refractivity contribution in [3.8, 4) is 0 Å². The van der Waals surface area contributed by atoms with Crippen LogP contribution >= 0.6 is 0 Å². The smallest absolute Gasteiger partial charge is 0.217 e. The van der Waals surface area contributed by atoms with Crippen molar-refractivity contribution in [1.29, 1.82) is 0 Å². The Hall–Kier alpha value is -0.620. The van der Waals surface area contributed by atoms with Crippen molar-refractivity contribution in [3.63, 3.8) is 0 Å². The van der Waals surface area contributed by atoms with Gasteiger partial charge in [0, 0.05) is 26.1 Å². The summed E-state index contributed by atoms with van der Waals surface area (Å²) in [4.78, 5) is 11.0. The van der Waals surface area contributed by atoms with Gasteiger partial charge < -0.3 is 5.32 Å². The van der Waals surface area contributed by atoms with Gasteiger partial charge in [0.15, 0.2) is 0 Å². The van der Waals surface area contributed by atoms with E-state index in [4.69, 9.17) is 0 Å². The lowest BCUT2D eigenvalue weighted by Crippen LogP contribution is -2.54. The standard InChI is InChI=1S/C10H20N2O3S/c1-8(13)11-9-5-10(2,3)7-12(6-9)16(4,14)15/h9H,5-7H2,1-4H3,(H,11,13). The van der Waals surface area contributed by atoms with Gasteiger partial charge in [-0.15, -0.1) is 0 Å². The Morgan fingerprint density at radius 2 is 2.00 bits per heavy atom. The van der Waals surface area contributed by atoms with Crippen LogP contribution in [0, 0.1) is 5.41 Å². The molecule has 1 fully saturated rings. The van der Waals surface area contributed by atoms with Crippen LogP contribution in [0.2, 0.25) is 0 Å². The van der Waals surface area contributed by atoms with Gasteiger partial charge in [0.25, 0.3) is 0 Å². The Balaban J connectivity index is 2.81. The van der Waals surface area contributed by atoms with Crippen molar-refractivity contribution < 1.29 is 13.2 Å². The van der Waals surface area contributed by atoms with Gasteiger partial charge in [0.2, 0.25) is 15.9 Å². The van der Waals surface area contributed by atoms with Crippen molar-refractivity contribution in [3.05, 3.63) is 0 Å². The van der Waals surface area contributed by atoms with E-state index in [9.17, 15) is 13.2 Å². The van der Waals surface area contributed by atoms with Crippen LogP contribution in [0.3, 0.4) is 0 Å². The largest absolute Gasteiger partial charge is 0.352 e. The third-order valence-corrected chi connectivity index (χ3v) is 3.92. The summed E-state index contributed by atoms with van der Waals surface area (Å²) in [6.07, 6.45) is 2.01. The van der Waals surface area contributed by atoms with E-state index in [2.05, 4.69) is 5.32 Å². The molecule has 5 nitrogen and oxygen atoms in total. The Bertz CT molecular complexity index is 376. The summed E-state index contributed by atoms with van der Waals surface area (Å²) in [6.45, 7) is 6.37. The number of rotatable bonds is 2. The molecule has 0 radical (unpaired) electrons. The zero-order valence-electron chi connectivity index (χ0n) is 10.3. The lowest BCUT2D eigenvalue weighted by atomic mass is 9.83. The maximum atomic E-state index is 11.5. The zero-order chi connectivity index (χ0) is 12.6. The van der Waals surface area contributed by atoms with Gasteiger partial charge in [0.1, 0.15) is 0 Å². The highest BCUT2D eigenvalue weighted by Crippen LogP contribution is 2.29. The van der Waals surface area contributed by atoms with Crippen molar-refractivity contribution in [1.82, 2.24) is 9.62 Å². The number of carbonyl (C=O) groups excluding carboxylic acids is 1. The zero-order valence-corrected chi connectivity index (χ0v) is 11.1. The van der Waals surface area contributed by atoms with E-state index in [0.29, 0.717) is 13.1 Å². The van der Waals surface area contributed by atoms with E-state index < -0.39 is 10.0 Å². The summed E-state index contributed by atoms with van der Waals surface area (Å²) in [7, 11) is -3.18. The average Bonchev–Trinajstić information content (AvgIpc) is 1.97. The minimum absolute atomic E-state index is 0.0871. The molecule has 1 amide bonds. The van der Waals surface area contributed by atoms with Gasteiger partial charge in [-0.05, 0) is 11.8 Å². The van der Waals surface area contributed by atoms with Crippen molar-refractivity contribution in [2.24, 2.45) is 5.41 Å². The summed E-state index contributed by atoms with van der Waals surface area (Å²) >= 11 is 0.